The number of rotatable bonds is 2. The van der Waals surface area contributed by atoms with Crippen molar-refractivity contribution in [1.29, 1.82) is 0 Å². The van der Waals surface area contributed by atoms with Gasteiger partial charge in [0.05, 0.1) is 0 Å². The van der Waals surface area contributed by atoms with Gasteiger partial charge in [0.1, 0.15) is 0 Å². The third kappa shape index (κ3) is 2.58. The average molecular weight is 204 g/mol. The molecule has 0 bridgehead atoms. The Kier molecular flexibility index (Phi) is 3.39. The van der Waals surface area contributed by atoms with Gasteiger partial charge in [-0.1, -0.05) is 36.8 Å². The molecule has 0 aliphatic carbocycles. The average Bonchev–Trinajstić information content (AvgIpc) is 2.29. The highest BCUT2D eigenvalue weighted by Gasteiger charge is 2.19. The number of nitrogens with one attached hydrogen (secondary N) is 1. The van der Waals surface area contributed by atoms with Crippen LogP contribution in [-0.4, -0.2) is 31.1 Å². The zero-order chi connectivity index (χ0) is 10.7. The molecular formula is C13H20N2. The minimum Gasteiger partial charge on any atom is -0.308 e. The first-order valence-corrected chi connectivity index (χ1v) is 5.82. The summed E-state index contributed by atoms with van der Waals surface area (Å²) in [6.45, 7) is 8.97. The largest absolute Gasteiger partial charge is 0.308 e. The predicted octanol–water partition coefficient (Wildman–Crippen LogP) is 1.96. The third-order valence-electron chi connectivity index (χ3n) is 3.15. The number of benzene rings is 1. The normalized spacial score (nSPS) is 22.9. The monoisotopic (exact) mass is 204 g/mol. The van der Waals surface area contributed by atoms with Crippen LogP contribution in [0.3, 0.4) is 0 Å². The zero-order valence-electron chi connectivity index (χ0n) is 9.66. The van der Waals surface area contributed by atoms with Crippen molar-refractivity contribution in [3.8, 4) is 0 Å². The van der Waals surface area contributed by atoms with Crippen LogP contribution in [0.4, 0.5) is 0 Å². The highest BCUT2D eigenvalue weighted by molar-refractivity contribution is 5.25. The van der Waals surface area contributed by atoms with Gasteiger partial charge >= 0.3 is 0 Å². The molecule has 2 nitrogen and oxygen atoms in total. The Morgan fingerprint density at radius 3 is 3.07 bits per heavy atom. The molecule has 15 heavy (non-hydrogen) atoms. The number of hydrogen-bond acceptors (Lipinski definition) is 2. The van der Waals surface area contributed by atoms with Gasteiger partial charge in [-0.15, -0.1) is 0 Å². The van der Waals surface area contributed by atoms with Crippen molar-refractivity contribution in [2.24, 2.45) is 0 Å². The van der Waals surface area contributed by atoms with E-state index in [0.29, 0.717) is 6.04 Å². The first kappa shape index (κ1) is 10.7. The van der Waals surface area contributed by atoms with E-state index in [9.17, 15) is 0 Å². The van der Waals surface area contributed by atoms with Gasteiger partial charge in [-0.05, 0) is 19.0 Å². The standard InChI is InChI=1S/C13H20N2/c1-3-15-8-7-14-13(10-15)12-6-4-5-11(2)9-12/h4-6,9,13-14H,3,7-8,10H2,1-2H3/t13-/m0/s1. The van der Waals surface area contributed by atoms with Gasteiger partial charge in [-0.3, -0.25) is 0 Å². The minimum absolute atomic E-state index is 0.513. The fraction of sp³-hybridized carbons (Fsp3) is 0.538. The van der Waals surface area contributed by atoms with E-state index in [2.05, 4.69) is 48.3 Å². The van der Waals surface area contributed by atoms with Gasteiger partial charge in [0, 0.05) is 25.7 Å². The molecule has 2 rings (SSSR count). The van der Waals surface area contributed by atoms with Crippen molar-refractivity contribution in [3.05, 3.63) is 35.4 Å². The minimum atomic E-state index is 0.513. The van der Waals surface area contributed by atoms with E-state index >= 15 is 0 Å². The summed E-state index contributed by atoms with van der Waals surface area (Å²) in [5.74, 6) is 0. The summed E-state index contributed by atoms with van der Waals surface area (Å²) in [7, 11) is 0. The molecule has 1 atom stereocenters. The summed E-state index contributed by atoms with van der Waals surface area (Å²) >= 11 is 0. The molecule has 0 saturated carbocycles. The summed E-state index contributed by atoms with van der Waals surface area (Å²) < 4.78 is 0. The molecule has 0 spiro atoms. The molecule has 1 heterocycles. The molecule has 0 unspecified atom stereocenters. The van der Waals surface area contributed by atoms with Crippen molar-refractivity contribution in [1.82, 2.24) is 10.2 Å². The summed E-state index contributed by atoms with van der Waals surface area (Å²) in [5, 5.41) is 3.59. The fourth-order valence-corrected chi connectivity index (χ4v) is 2.21. The maximum absolute atomic E-state index is 3.59. The summed E-state index contributed by atoms with van der Waals surface area (Å²) in [5.41, 5.74) is 2.77. The number of aryl methyl sites for hydroxylation is 1. The number of likely N-dealkylation sites (N-methyl/N-ethyl adjacent to an activating group) is 1. The zero-order valence-corrected chi connectivity index (χ0v) is 9.66. The number of piperazine rings is 1. The van der Waals surface area contributed by atoms with E-state index < -0.39 is 0 Å². The van der Waals surface area contributed by atoms with Gasteiger partial charge < -0.3 is 10.2 Å². The van der Waals surface area contributed by atoms with Crippen LogP contribution in [0.1, 0.15) is 24.1 Å². The Labute approximate surface area is 92.3 Å². The number of hydrogen-bond donors (Lipinski definition) is 1. The Morgan fingerprint density at radius 1 is 1.47 bits per heavy atom. The second-order valence-corrected chi connectivity index (χ2v) is 4.31. The Balaban J connectivity index is 2.09. The lowest BCUT2D eigenvalue weighted by Gasteiger charge is -2.33. The third-order valence-corrected chi connectivity index (χ3v) is 3.15. The molecule has 1 aliphatic rings. The molecule has 82 valence electrons. The van der Waals surface area contributed by atoms with Crippen molar-refractivity contribution < 1.29 is 0 Å². The van der Waals surface area contributed by atoms with E-state index in [1.807, 2.05) is 0 Å². The Bertz CT molecular complexity index is 322. The molecule has 1 aromatic carbocycles. The van der Waals surface area contributed by atoms with Crippen molar-refractivity contribution >= 4 is 0 Å². The van der Waals surface area contributed by atoms with Crippen LogP contribution in [0.5, 0.6) is 0 Å². The van der Waals surface area contributed by atoms with E-state index in [0.717, 1.165) is 19.6 Å². The smallest absolute Gasteiger partial charge is 0.0449 e. The maximum atomic E-state index is 3.59. The van der Waals surface area contributed by atoms with Crippen LogP contribution in [0.25, 0.3) is 0 Å². The fourth-order valence-electron chi connectivity index (χ4n) is 2.21. The van der Waals surface area contributed by atoms with E-state index in [4.69, 9.17) is 0 Å². The lowest BCUT2D eigenvalue weighted by Crippen LogP contribution is -2.45. The summed E-state index contributed by atoms with van der Waals surface area (Å²) in [6, 6.07) is 9.33. The van der Waals surface area contributed by atoms with Gasteiger partial charge in [0.2, 0.25) is 0 Å². The topological polar surface area (TPSA) is 15.3 Å². The Hall–Kier alpha value is -0.860. The van der Waals surface area contributed by atoms with Crippen LogP contribution >= 0.6 is 0 Å². The second kappa shape index (κ2) is 4.77. The van der Waals surface area contributed by atoms with Gasteiger partial charge in [-0.2, -0.15) is 0 Å². The molecule has 0 aromatic heterocycles. The first-order chi connectivity index (χ1) is 7.29. The van der Waals surface area contributed by atoms with Crippen LogP contribution < -0.4 is 5.32 Å². The quantitative estimate of drug-likeness (QED) is 0.792. The van der Waals surface area contributed by atoms with Crippen molar-refractivity contribution in [3.63, 3.8) is 0 Å². The molecule has 1 aliphatic heterocycles. The van der Waals surface area contributed by atoms with Crippen LogP contribution in [0.15, 0.2) is 24.3 Å². The molecule has 1 aromatic rings. The summed E-state index contributed by atoms with van der Waals surface area (Å²) in [6.07, 6.45) is 0. The Morgan fingerprint density at radius 2 is 2.33 bits per heavy atom. The van der Waals surface area contributed by atoms with E-state index in [1.54, 1.807) is 0 Å². The van der Waals surface area contributed by atoms with Crippen LogP contribution in [-0.2, 0) is 0 Å². The maximum Gasteiger partial charge on any atom is 0.0449 e. The molecule has 1 N–H and O–H groups in total. The van der Waals surface area contributed by atoms with Crippen LogP contribution in [0, 0.1) is 6.92 Å². The highest BCUT2D eigenvalue weighted by atomic mass is 15.2. The van der Waals surface area contributed by atoms with E-state index in [-0.39, 0.29) is 0 Å². The van der Waals surface area contributed by atoms with Gasteiger partial charge in [0.25, 0.3) is 0 Å². The van der Waals surface area contributed by atoms with Gasteiger partial charge in [0.15, 0.2) is 0 Å². The molecule has 1 saturated heterocycles. The summed E-state index contributed by atoms with van der Waals surface area (Å²) in [4.78, 5) is 2.50. The van der Waals surface area contributed by atoms with Gasteiger partial charge in [-0.25, -0.2) is 0 Å². The van der Waals surface area contributed by atoms with Crippen molar-refractivity contribution in [2.45, 2.75) is 19.9 Å². The lowest BCUT2D eigenvalue weighted by atomic mass is 10.0. The molecule has 0 radical (unpaired) electrons. The molecule has 2 heteroatoms. The van der Waals surface area contributed by atoms with Crippen LogP contribution in [0.2, 0.25) is 0 Å². The van der Waals surface area contributed by atoms with E-state index in [1.165, 1.54) is 17.7 Å². The highest BCUT2D eigenvalue weighted by Crippen LogP contribution is 2.17. The lowest BCUT2D eigenvalue weighted by molar-refractivity contribution is 0.210. The predicted molar refractivity (Wildman–Crippen MR) is 64.0 cm³/mol. The second-order valence-electron chi connectivity index (χ2n) is 4.31. The molecule has 1 fully saturated rings. The molecular weight excluding hydrogens is 184 g/mol. The molecule has 0 amide bonds. The first-order valence-electron chi connectivity index (χ1n) is 5.82. The van der Waals surface area contributed by atoms with Crippen molar-refractivity contribution in [2.75, 3.05) is 26.2 Å². The SMILES string of the molecule is CCN1CCN[C@H](c2cccc(C)c2)C1. The number of nitrogens with zero attached hydrogens (tertiary/aromatic N) is 1.